The van der Waals surface area contributed by atoms with Gasteiger partial charge in [-0.2, -0.15) is 0 Å². The Balaban J connectivity index is 2.32. The molecule has 0 radical (unpaired) electrons. The average molecular weight is 294 g/mol. The second-order valence-electron chi connectivity index (χ2n) is 6.38. The van der Waals surface area contributed by atoms with Gasteiger partial charge in [0.25, 0.3) is 0 Å². The van der Waals surface area contributed by atoms with Crippen molar-refractivity contribution in [1.82, 2.24) is 0 Å². The average Bonchev–Trinajstić information content (AvgIpc) is 2.55. The first kappa shape index (κ1) is 16.0. The molecule has 1 aromatic rings. The topological polar surface area (TPSA) is 55.8 Å². The van der Waals surface area contributed by atoms with Crippen molar-refractivity contribution in [3.8, 4) is 0 Å². The Morgan fingerprint density at radius 3 is 2.33 bits per heavy atom. The maximum Gasteiger partial charge on any atom is 0.466 e. The zero-order chi connectivity index (χ0) is 15.8. The van der Waals surface area contributed by atoms with Crippen LogP contribution >= 0.6 is 0 Å². The van der Waals surface area contributed by atoms with Crippen molar-refractivity contribution in [3.63, 3.8) is 0 Å². The molecule has 4 nitrogen and oxygen atoms in total. The van der Waals surface area contributed by atoms with E-state index in [4.69, 9.17) is 14.4 Å². The van der Waals surface area contributed by atoms with Gasteiger partial charge in [0.15, 0.2) is 0 Å². The third kappa shape index (κ3) is 3.27. The predicted molar refractivity (Wildman–Crippen MR) is 77.5 cm³/mol. The molecule has 1 atom stereocenters. The fraction of sp³-hybridized carbons (Fsp3) is 0.533. The highest BCUT2D eigenvalue weighted by atomic mass is 19.1. The molecule has 6 heteroatoms. The van der Waals surface area contributed by atoms with Gasteiger partial charge in [0.05, 0.1) is 17.6 Å². The monoisotopic (exact) mass is 294 g/mol. The first-order valence-electron chi connectivity index (χ1n) is 6.95. The van der Waals surface area contributed by atoms with Crippen LogP contribution in [0.15, 0.2) is 24.3 Å². The molecule has 1 saturated heterocycles. The van der Waals surface area contributed by atoms with E-state index in [0.29, 0.717) is 5.56 Å². The number of benzene rings is 1. The molecule has 0 amide bonds. The van der Waals surface area contributed by atoms with Crippen LogP contribution in [0.4, 0.5) is 4.39 Å². The van der Waals surface area contributed by atoms with Crippen molar-refractivity contribution in [2.45, 2.75) is 51.1 Å². The molecular weight excluding hydrogens is 274 g/mol. The Morgan fingerprint density at radius 1 is 1.29 bits per heavy atom. The molecule has 0 bridgehead atoms. The summed E-state index contributed by atoms with van der Waals surface area (Å²) < 4.78 is 25.3. The van der Waals surface area contributed by atoms with Gasteiger partial charge in [-0.05, 0) is 45.4 Å². The normalized spacial score (nSPS) is 21.3. The lowest BCUT2D eigenvalue weighted by molar-refractivity contribution is -0.137. The highest BCUT2D eigenvalue weighted by molar-refractivity contribution is 6.48. The van der Waals surface area contributed by atoms with Crippen molar-refractivity contribution in [3.05, 3.63) is 35.6 Å². The Kier molecular flexibility index (Phi) is 4.13. The SMILES string of the molecule is CC1(C)OB(C(CC(=O)O)c2cccc(F)c2)OC1(C)C. The van der Waals surface area contributed by atoms with Gasteiger partial charge in [0, 0.05) is 5.82 Å². The summed E-state index contributed by atoms with van der Waals surface area (Å²) in [6.07, 6.45) is -0.180. The Bertz CT molecular complexity index is 528. The minimum atomic E-state index is -0.973. The van der Waals surface area contributed by atoms with Crippen LogP contribution in [0.2, 0.25) is 0 Å². The summed E-state index contributed by atoms with van der Waals surface area (Å²) in [4.78, 5) is 11.1. The van der Waals surface area contributed by atoms with Crippen LogP contribution in [0.5, 0.6) is 0 Å². The van der Waals surface area contributed by atoms with Gasteiger partial charge in [-0.25, -0.2) is 4.39 Å². The number of carboxylic acid groups (broad SMARTS) is 1. The Labute approximate surface area is 124 Å². The molecule has 1 aliphatic heterocycles. The van der Waals surface area contributed by atoms with Crippen molar-refractivity contribution in [1.29, 1.82) is 0 Å². The summed E-state index contributed by atoms with van der Waals surface area (Å²) in [6.45, 7) is 7.60. The van der Waals surface area contributed by atoms with Crippen molar-refractivity contribution < 1.29 is 23.6 Å². The molecule has 1 aromatic carbocycles. The largest absolute Gasteiger partial charge is 0.481 e. The van der Waals surface area contributed by atoms with Crippen LogP contribution in [-0.2, 0) is 14.1 Å². The van der Waals surface area contributed by atoms with E-state index in [1.807, 2.05) is 27.7 Å². The zero-order valence-electron chi connectivity index (χ0n) is 12.7. The Morgan fingerprint density at radius 2 is 1.86 bits per heavy atom. The molecule has 1 unspecified atom stereocenters. The van der Waals surface area contributed by atoms with Gasteiger partial charge in [-0.3, -0.25) is 4.79 Å². The summed E-state index contributed by atoms with van der Waals surface area (Å²) >= 11 is 0. The van der Waals surface area contributed by atoms with E-state index in [0.717, 1.165) is 0 Å². The molecule has 0 spiro atoms. The first-order valence-corrected chi connectivity index (χ1v) is 6.95. The predicted octanol–water partition coefficient (Wildman–Crippen LogP) is 3.02. The minimum Gasteiger partial charge on any atom is -0.481 e. The standard InChI is InChI=1S/C15H20BFO4/c1-14(2)15(3,4)21-16(20-14)12(9-13(18)19)10-6-5-7-11(17)8-10/h5-8,12H,9H2,1-4H3,(H,18,19). The minimum absolute atomic E-state index is 0.180. The van der Waals surface area contributed by atoms with Crippen LogP contribution in [0, 0.1) is 5.82 Å². The number of hydrogen-bond acceptors (Lipinski definition) is 3. The van der Waals surface area contributed by atoms with E-state index in [-0.39, 0.29) is 6.42 Å². The van der Waals surface area contributed by atoms with Gasteiger partial charge in [0.1, 0.15) is 5.82 Å². The number of halogens is 1. The molecule has 0 aliphatic carbocycles. The summed E-state index contributed by atoms with van der Waals surface area (Å²) in [5.74, 6) is -1.93. The van der Waals surface area contributed by atoms with E-state index in [9.17, 15) is 9.18 Å². The van der Waals surface area contributed by atoms with Crippen LogP contribution < -0.4 is 0 Å². The Hall–Kier alpha value is -1.40. The molecule has 0 aromatic heterocycles. The maximum absolute atomic E-state index is 13.4. The van der Waals surface area contributed by atoms with E-state index >= 15 is 0 Å². The maximum atomic E-state index is 13.4. The second-order valence-corrected chi connectivity index (χ2v) is 6.38. The molecule has 1 aliphatic rings. The van der Waals surface area contributed by atoms with Crippen molar-refractivity contribution in [2.75, 3.05) is 0 Å². The summed E-state index contributed by atoms with van der Waals surface area (Å²) in [5.41, 5.74) is -0.542. The van der Waals surface area contributed by atoms with Crippen LogP contribution in [-0.4, -0.2) is 29.4 Å². The third-order valence-corrected chi connectivity index (χ3v) is 4.27. The van der Waals surface area contributed by atoms with E-state index in [1.54, 1.807) is 12.1 Å². The van der Waals surface area contributed by atoms with Crippen molar-refractivity contribution >= 4 is 13.1 Å². The molecule has 21 heavy (non-hydrogen) atoms. The molecular formula is C15H20BFO4. The first-order chi connectivity index (χ1) is 9.62. The summed E-state index contributed by atoms with van der Waals surface area (Å²) in [6, 6.07) is 5.91. The number of carboxylic acids is 1. The number of carbonyl (C=O) groups is 1. The lowest BCUT2D eigenvalue weighted by Gasteiger charge is -2.32. The lowest BCUT2D eigenvalue weighted by Crippen LogP contribution is -2.41. The molecule has 1 fully saturated rings. The van der Waals surface area contributed by atoms with Crippen molar-refractivity contribution in [2.24, 2.45) is 0 Å². The quantitative estimate of drug-likeness (QED) is 0.867. The van der Waals surface area contributed by atoms with Gasteiger partial charge in [-0.15, -0.1) is 0 Å². The number of aliphatic carboxylic acids is 1. The van der Waals surface area contributed by atoms with Gasteiger partial charge in [-0.1, -0.05) is 12.1 Å². The molecule has 2 rings (SSSR count). The molecule has 1 heterocycles. The van der Waals surface area contributed by atoms with E-state index in [1.165, 1.54) is 12.1 Å². The van der Waals surface area contributed by atoms with Gasteiger partial charge >= 0.3 is 13.1 Å². The fourth-order valence-corrected chi connectivity index (χ4v) is 2.35. The smallest absolute Gasteiger partial charge is 0.466 e. The summed E-state index contributed by atoms with van der Waals surface area (Å²) in [7, 11) is -0.715. The van der Waals surface area contributed by atoms with Gasteiger partial charge < -0.3 is 14.4 Å². The van der Waals surface area contributed by atoms with Gasteiger partial charge in [0.2, 0.25) is 0 Å². The summed E-state index contributed by atoms with van der Waals surface area (Å²) in [5, 5.41) is 9.13. The van der Waals surface area contributed by atoms with E-state index < -0.39 is 35.9 Å². The van der Waals surface area contributed by atoms with Crippen LogP contribution in [0.3, 0.4) is 0 Å². The van der Waals surface area contributed by atoms with Crippen LogP contribution in [0.25, 0.3) is 0 Å². The highest BCUT2D eigenvalue weighted by Crippen LogP contribution is 2.41. The molecule has 0 saturated carbocycles. The molecule has 114 valence electrons. The highest BCUT2D eigenvalue weighted by Gasteiger charge is 2.54. The lowest BCUT2D eigenvalue weighted by atomic mass is 9.66. The van der Waals surface area contributed by atoms with Crippen LogP contribution in [0.1, 0.15) is 45.5 Å². The molecule has 1 N–H and O–H groups in total. The number of hydrogen-bond donors (Lipinski definition) is 1. The van der Waals surface area contributed by atoms with E-state index in [2.05, 4.69) is 0 Å². The number of rotatable bonds is 4. The second kappa shape index (κ2) is 5.42. The zero-order valence-corrected chi connectivity index (χ0v) is 12.7. The fourth-order valence-electron chi connectivity index (χ4n) is 2.35. The third-order valence-electron chi connectivity index (χ3n) is 4.27.